The average Bonchev–Trinajstić information content (AvgIpc) is 2.90. The zero-order valence-corrected chi connectivity index (χ0v) is 23.3. The van der Waals surface area contributed by atoms with Crippen molar-refractivity contribution in [1.82, 2.24) is 9.80 Å². The summed E-state index contributed by atoms with van der Waals surface area (Å²) in [5, 5.41) is 3.18. The first-order valence-corrected chi connectivity index (χ1v) is 13.7. The van der Waals surface area contributed by atoms with Crippen LogP contribution in [-0.2, 0) is 9.59 Å². The van der Waals surface area contributed by atoms with E-state index in [1.54, 1.807) is 24.3 Å². The molecule has 2 amide bonds. The van der Waals surface area contributed by atoms with Crippen LogP contribution in [-0.4, -0.2) is 60.4 Å². The number of carbonyl (C=O) groups is 2. The van der Waals surface area contributed by atoms with Crippen molar-refractivity contribution in [2.24, 2.45) is 5.73 Å². The van der Waals surface area contributed by atoms with E-state index >= 15 is 0 Å². The van der Waals surface area contributed by atoms with Crippen LogP contribution >= 0.6 is 23.2 Å². The molecule has 0 aliphatic carbocycles. The second kappa shape index (κ2) is 13.4. The molecule has 1 saturated heterocycles. The highest BCUT2D eigenvalue weighted by Gasteiger charge is 2.31. The number of nitrogens with two attached hydrogens (primary N) is 2. The summed E-state index contributed by atoms with van der Waals surface area (Å²) in [5.41, 5.74) is 14.0. The van der Waals surface area contributed by atoms with Crippen molar-refractivity contribution in [2.45, 2.75) is 24.8 Å². The molecule has 0 spiro atoms. The first kappa shape index (κ1) is 29.7. The monoisotopic (exact) mass is 589 g/mol. The number of primary amides is 1. The summed E-state index contributed by atoms with van der Waals surface area (Å²) in [7, 11) is 0. The van der Waals surface area contributed by atoms with Crippen molar-refractivity contribution in [2.75, 3.05) is 43.8 Å². The van der Waals surface area contributed by atoms with Crippen LogP contribution in [0.1, 0.15) is 29.9 Å². The van der Waals surface area contributed by atoms with E-state index in [2.05, 4.69) is 5.32 Å². The van der Waals surface area contributed by atoms with Gasteiger partial charge in [-0.05, 0) is 66.9 Å². The number of anilines is 2. The van der Waals surface area contributed by atoms with Gasteiger partial charge < -0.3 is 16.8 Å². The molecule has 1 heterocycles. The minimum Gasteiger partial charge on any atom is -0.399 e. The van der Waals surface area contributed by atoms with Crippen molar-refractivity contribution in [3.8, 4) is 0 Å². The molecule has 1 aliphatic rings. The molecule has 0 bridgehead atoms. The topological polar surface area (TPSA) is 105 Å². The van der Waals surface area contributed by atoms with Crippen molar-refractivity contribution in [3.05, 3.63) is 93.5 Å². The molecular weight excluding hydrogens is 559 g/mol. The van der Waals surface area contributed by atoms with Gasteiger partial charge in [-0.15, -0.1) is 0 Å². The van der Waals surface area contributed by atoms with Gasteiger partial charge in [-0.25, -0.2) is 8.78 Å². The minimum atomic E-state index is -0.569. The smallest absolute Gasteiger partial charge is 0.238 e. The number of carbonyl (C=O) groups excluding carboxylic acids is 2. The first-order valence-electron chi connectivity index (χ1n) is 12.9. The Balaban J connectivity index is 1.36. The lowest BCUT2D eigenvalue weighted by Gasteiger charge is -2.39. The quantitative estimate of drug-likeness (QED) is 0.292. The summed E-state index contributed by atoms with van der Waals surface area (Å²) in [6, 6.07) is 15.1. The van der Waals surface area contributed by atoms with E-state index in [4.69, 9.17) is 34.7 Å². The van der Waals surface area contributed by atoms with Gasteiger partial charge in [-0.2, -0.15) is 0 Å². The summed E-state index contributed by atoms with van der Waals surface area (Å²) >= 11 is 12.3. The fraction of sp³-hybridized carbons (Fsp3) is 0.310. The van der Waals surface area contributed by atoms with E-state index in [0.29, 0.717) is 38.3 Å². The Morgan fingerprint density at radius 3 is 2.02 bits per heavy atom. The summed E-state index contributed by atoms with van der Waals surface area (Å²) in [5.74, 6) is -1.51. The maximum Gasteiger partial charge on any atom is 0.238 e. The number of nitrogen functional groups attached to an aromatic ring is 1. The molecule has 5 N–H and O–H groups in total. The Morgan fingerprint density at radius 1 is 0.950 bits per heavy atom. The highest BCUT2D eigenvalue weighted by molar-refractivity contribution is 6.40. The van der Waals surface area contributed by atoms with Gasteiger partial charge in [0.05, 0.1) is 22.3 Å². The number of nitrogens with zero attached hydrogens (tertiary/aromatic N) is 2. The van der Waals surface area contributed by atoms with E-state index in [1.807, 2.05) is 9.80 Å². The molecule has 3 aromatic carbocycles. The van der Waals surface area contributed by atoms with Crippen LogP contribution in [0.3, 0.4) is 0 Å². The lowest BCUT2D eigenvalue weighted by atomic mass is 9.87. The third kappa shape index (κ3) is 7.69. The highest BCUT2D eigenvalue weighted by Crippen LogP contribution is 2.33. The van der Waals surface area contributed by atoms with Crippen molar-refractivity contribution >= 4 is 46.4 Å². The molecule has 0 aromatic heterocycles. The van der Waals surface area contributed by atoms with Gasteiger partial charge in [0.15, 0.2) is 0 Å². The molecule has 1 atom stereocenters. The zero-order valence-electron chi connectivity index (χ0n) is 21.8. The molecule has 212 valence electrons. The maximum atomic E-state index is 13.5. The Kier molecular flexibility index (Phi) is 9.97. The Bertz CT molecular complexity index is 1270. The van der Waals surface area contributed by atoms with Crippen LogP contribution < -0.4 is 16.8 Å². The standard InChI is InChI=1S/C29H31Cl2F2N5O2/c30-24-14-22(34)15-25(31)28(24)36-27(39)17-37-12-13-38(26(16-37)29(35)40)11-1-2-23(18-3-7-20(32)8-4-18)19-5-9-21(33)10-6-19/h3-10,14-15,23,26H,1-2,11-13,16-17,34H2,(H2,35,40)(H,36,39). The van der Waals surface area contributed by atoms with E-state index in [9.17, 15) is 18.4 Å². The summed E-state index contributed by atoms with van der Waals surface area (Å²) in [6.45, 7) is 2.03. The van der Waals surface area contributed by atoms with Crippen LogP contribution in [0.25, 0.3) is 0 Å². The van der Waals surface area contributed by atoms with Crippen LogP contribution in [0, 0.1) is 11.6 Å². The lowest BCUT2D eigenvalue weighted by molar-refractivity contribution is -0.127. The predicted molar refractivity (Wildman–Crippen MR) is 154 cm³/mol. The van der Waals surface area contributed by atoms with E-state index in [-0.39, 0.29) is 45.7 Å². The van der Waals surface area contributed by atoms with Gasteiger partial charge in [-0.1, -0.05) is 47.5 Å². The number of benzene rings is 3. The van der Waals surface area contributed by atoms with E-state index in [1.165, 1.54) is 36.4 Å². The normalized spacial score (nSPS) is 16.3. The zero-order chi connectivity index (χ0) is 28.8. The number of halogens is 4. The van der Waals surface area contributed by atoms with Gasteiger partial charge in [0.2, 0.25) is 11.8 Å². The molecule has 40 heavy (non-hydrogen) atoms. The fourth-order valence-electron chi connectivity index (χ4n) is 5.07. The Morgan fingerprint density at radius 2 is 1.50 bits per heavy atom. The van der Waals surface area contributed by atoms with Gasteiger partial charge in [0.25, 0.3) is 0 Å². The van der Waals surface area contributed by atoms with Crippen LogP contribution in [0.4, 0.5) is 20.2 Å². The number of amides is 2. The number of hydrogen-bond donors (Lipinski definition) is 3. The predicted octanol–water partition coefficient (Wildman–Crippen LogP) is 4.88. The summed E-state index contributed by atoms with van der Waals surface area (Å²) in [4.78, 5) is 28.9. The molecule has 7 nitrogen and oxygen atoms in total. The second-order valence-corrected chi connectivity index (χ2v) is 10.7. The third-order valence-corrected chi connectivity index (χ3v) is 7.68. The third-order valence-electron chi connectivity index (χ3n) is 7.08. The first-order chi connectivity index (χ1) is 19.1. The largest absolute Gasteiger partial charge is 0.399 e. The van der Waals surface area contributed by atoms with Gasteiger partial charge in [0, 0.05) is 31.2 Å². The number of nitrogens with one attached hydrogen (secondary N) is 1. The Hall–Kier alpha value is -3.24. The second-order valence-electron chi connectivity index (χ2n) is 9.89. The summed E-state index contributed by atoms with van der Waals surface area (Å²) < 4.78 is 27.1. The van der Waals surface area contributed by atoms with Crippen LogP contribution in [0.15, 0.2) is 60.7 Å². The molecule has 3 aromatic rings. The van der Waals surface area contributed by atoms with Crippen molar-refractivity contribution in [1.29, 1.82) is 0 Å². The van der Waals surface area contributed by atoms with Crippen LogP contribution in [0.2, 0.25) is 10.0 Å². The van der Waals surface area contributed by atoms with E-state index in [0.717, 1.165) is 17.5 Å². The SMILES string of the molecule is NC(=O)C1CN(CC(=O)Nc2c(Cl)cc(N)cc2Cl)CCN1CCCC(c1ccc(F)cc1)c1ccc(F)cc1. The minimum absolute atomic E-state index is 0.0336. The molecule has 4 rings (SSSR count). The molecule has 1 fully saturated rings. The van der Waals surface area contributed by atoms with Crippen molar-refractivity contribution in [3.63, 3.8) is 0 Å². The fourth-order valence-corrected chi connectivity index (χ4v) is 5.67. The number of piperazine rings is 1. The Labute approximate surface area is 242 Å². The molecule has 0 saturated carbocycles. The number of rotatable bonds is 10. The van der Waals surface area contributed by atoms with Gasteiger partial charge >= 0.3 is 0 Å². The molecule has 1 aliphatic heterocycles. The maximum absolute atomic E-state index is 13.5. The van der Waals surface area contributed by atoms with Gasteiger partial charge in [0.1, 0.15) is 17.7 Å². The average molecular weight is 591 g/mol. The molecule has 1 unspecified atom stereocenters. The van der Waals surface area contributed by atoms with Crippen LogP contribution in [0.5, 0.6) is 0 Å². The molecule has 11 heteroatoms. The van der Waals surface area contributed by atoms with Gasteiger partial charge in [-0.3, -0.25) is 19.4 Å². The van der Waals surface area contributed by atoms with E-state index < -0.39 is 11.9 Å². The van der Waals surface area contributed by atoms with Crippen molar-refractivity contribution < 1.29 is 18.4 Å². The highest BCUT2D eigenvalue weighted by atomic mass is 35.5. The number of hydrogen-bond acceptors (Lipinski definition) is 5. The molecular formula is C29H31Cl2F2N5O2. The summed E-state index contributed by atoms with van der Waals surface area (Å²) in [6.07, 6.45) is 1.42. The lowest BCUT2D eigenvalue weighted by Crippen LogP contribution is -2.59. The molecule has 0 radical (unpaired) electrons.